The Morgan fingerprint density at radius 1 is 1.59 bits per heavy atom. The number of H-pyrrole nitrogens is 1. The summed E-state index contributed by atoms with van der Waals surface area (Å²) in [6.45, 7) is 3.08. The average Bonchev–Trinajstić information content (AvgIpc) is 3.18. The van der Waals surface area contributed by atoms with E-state index in [9.17, 15) is 4.79 Å². The minimum Gasteiger partial charge on any atom is -0.487 e. The fraction of sp³-hybridized carbons (Fsp3) is 0.312. The average molecular weight is 296 g/mol. The first-order valence-corrected chi connectivity index (χ1v) is 7.13. The van der Waals surface area contributed by atoms with Crippen LogP contribution in [-0.4, -0.2) is 40.0 Å². The normalized spacial score (nSPS) is 17.3. The van der Waals surface area contributed by atoms with E-state index >= 15 is 0 Å². The first kappa shape index (κ1) is 14.1. The topological polar surface area (TPSA) is 82.0 Å². The van der Waals surface area contributed by atoms with Gasteiger partial charge in [-0.2, -0.15) is 5.26 Å². The van der Waals surface area contributed by atoms with Crippen LogP contribution < -0.4 is 4.74 Å². The highest BCUT2D eigenvalue weighted by atomic mass is 16.5. The van der Waals surface area contributed by atoms with Crippen molar-refractivity contribution in [2.45, 2.75) is 19.4 Å². The van der Waals surface area contributed by atoms with Gasteiger partial charge in [-0.05, 0) is 25.1 Å². The molecule has 3 rings (SSSR count). The number of nitriles is 1. The molecule has 0 aliphatic carbocycles. The number of likely N-dealkylation sites (tertiary alicyclic amines) is 1. The lowest BCUT2D eigenvalue weighted by molar-refractivity contribution is 0.0767. The molecule has 6 heteroatoms. The molecular weight excluding hydrogens is 280 g/mol. The van der Waals surface area contributed by atoms with Gasteiger partial charge in [-0.1, -0.05) is 0 Å². The number of carbonyl (C=O) groups excluding carboxylic acids is 1. The predicted molar refractivity (Wildman–Crippen MR) is 79.4 cm³/mol. The van der Waals surface area contributed by atoms with Crippen molar-refractivity contribution in [2.24, 2.45) is 0 Å². The number of hydrogen-bond donors (Lipinski definition) is 1. The molecule has 1 amide bonds. The fourth-order valence-electron chi connectivity index (χ4n) is 2.54. The van der Waals surface area contributed by atoms with Gasteiger partial charge in [-0.25, -0.2) is 0 Å². The molecule has 3 heterocycles. The van der Waals surface area contributed by atoms with Crippen LogP contribution in [0.1, 0.15) is 28.2 Å². The molecule has 1 saturated heterocycles. The van der Waals surface area contributed by atoms with Crippen molar-refractivity contribution in [2.75, 3.05) is 13.1 Å². The molecule has 1 aliphatic heterocycles. The summed E-state index contributed by atoms with van der Waals surface area (Å²) in [5, 5.41) is 8.81. The summed E-state index contributed by atoms with van der Waals surface area (Å²) in [5.41, 5.74) is 1.74. The van der Waals surface area contributed by atoms with E-state index in [0.29, 0.717) is 24.3 Å². The number of hydrogen-bond acceptors (Lipinski definition) is 4. The van der Waals surface area contributed by atoms with Gasteiger partial charge in [-0.15, -0.1) is 0 Å². The van der Waals surface area contributed by atoms with E-state index < -0.39 is 0 Å². The third kappa shape index (κ3) is 2.79. The lowest BCUT2D eigenvalue weighted by Crippen LogP contribution is -2.31. The standard InChI is InChI=1S/C16H16N4O2/c1-11-15(3-2-5-18-11)22-13-4-6-20(10-13)16(21)14-7-12(8-17)9-19-14/h2-3,5,7,9,13,19H,4,6,10H2,1H3. The Labute approximate surface area is 128 Å². The van der Waals surface area contributed by atoms with Crippen LogP contribution in [-0.2, 0) is 0 Å². The van der Waals surface area contributed by atoms with E-state index in [1.54, 1.807) is 17.2 Å². The molecule has 1 unspecified atom stereocenters. The minimum absolute atomic E-state index is 0.0303. The summed E-state index contributed by atoms with van der Waals surface area (Å²) < 4.78 is 5.93. The zero-order valence-corrected chi connectivity index (χ0v) is 12.2. The summed E-state index contributed by atoms with van der Waals surface area (Å²) in [5.74, 6) is 0.656. The monoisotopic (exact) mass is 296 g/mol. The van der Waals surface area contributed by atoms with Crippen molar-refractivity contribution in [1.29, 1.82) is 5.26 Å². The molecule has 1 aliphatic rings. The van der Waals surface area contributed by atoms with Gasteiger partial charge >= 0.3 is 0 Å². The van der Waals surface area contributed by atoms with Crippen molar-refractivity contribution in [3.05, 3.63) is 47.5 Å². The summed E-state index contributed by atoms with van der Waals surface area (Å²) in [6, 6.07) is 7.30. The molecule has 6 nitrogen and oxygen atoms in total. The Kier molecular flexibility index (Phi) is 3.79. The largest absolute Gasteiger partial charge is 0.487 e. The van der Waals surface area contributed by atoms with E-state index in [4.69, 9.17) is 10.00 Å². The number of aromatic amines is 1. The van der Waals surface area contributed by atoms with Crippen molar-refractivity contribution in [3.63, 3.8) is 0 Å². The highest BCUT2D eigenvalue weighted by Crippen LogP contribution is 2.21. The molecule has 0 radical (unpaired) electrons. The second kappa shape index (κ2) is 5.90. The van der Waals surface area contributed by atoms with E-state index in [-0.39, 0.29) is 12.0 Å². The number of carbonyl (C=O) groups is 1. The van der Waals surface area contributed by atoms with Crippen LogP contribution >= 0.6 is 0 Å². The van der Waals surface area contributed by atoms with Gasteiger partial charge in [0, 0.05) is 25.4 Å². The van der Waals surface area contributed by atoms with Crippen molar-refractivity contribution in [1.82, 2.24) is 14.9 Å². The molecule has 0 spiro atoms. The first-order valence-electron chi connectivity index (χ1n) is 7.13. The Bertz CT molecular complexity index is 732. The smallest absolute Gasteiger partial charge is 0.270 e. The van der Waals surface area contributed by atoms with E-state index in [1.165, 1.54) is 6.20 Å². The number of ether oxygens (including phenoxy) is 1. The summed E-state index contributed by atoms with van der Waals surface area (Å²) >= 11 is 0. The van der Waals surface area contributed by atoms with Crippen LogP contribution in [0.15, 0.2) is 30.6 Å². The zero-order chi connectivity index (χ0) is 15.5. The predicted octanol–water partition coefficient (Wildman–Crippen LogP) is 1.88. The highest BCUT2D eigenvalue weighted by molar-refractivity contribution is 5.93. The number of nitrogens with one attached hydrogen (secondary N) is 1. The van der Waals surface area contributed by atoms with Gasteiger partial charge in [0.2, 0.25) is 0 Å². The van der Waals surface area contributed by atoms with Crippen molar-refractivity contribution in [3.8, 4) is 11.8 Å². The molecule has 1 fully saturated rings. The van der Waals surface area contributed by atoms with Crippen LogP contribution in [0.4, 0.5) is 0 Å². The van der Waals surface area contributed by atoms with Gasteiger partial charge in [-0.3, -0.25) is 9.78 Å². The number of nitrogens with zero attached hydrogens (tertiary/aromatic N) is 3. The van der Waals surface area contributed by atoms with Gasteiger partial charge in [0.15, 0.2) is 0 Å². The quantitative estimate of drug-likeness (QED) is 0.937. The Balaban J connectivity index is 1.64. The van der Waals surface area contributed by atoms with Gasteiger partial charge in [0.25, 0.3) is 5.91 Å². The number of rotatable bonds is 3. The minimum atomic E-state index is -0.101. The molecule has 112 valence electrons. The summed E-state index contributed by atoms with van der Waals surface area (Å²) in [4.78, 5) is 21.1. The van der Waals surface area contributed by atoms with Crippen LogP contribution in [0.5, 0.6) is 5.75 Å². The first-order chi connectivity index (χ1) is 10.7. The second-order valence-corrected chi connectivity index (χ2v) is 5.28. The van der Waals surface area contributed by atoms with Crippen LogP contribution in [0, 0.1) is 18.3 Å². The number of aryl methyl sites for hydroxylation is 1. The van der Waals surface area contributed by atoms with E-state index in [0.717, 1.165) is 17.9 Å². The van der Waals surface area contributed by atoms with E-state index in [1.807, 2.05) is 25.1 Å². The van der Waals surface area contributed by atoms with Crippen LogP contribution in [0.25, 0.3) is 0 Å². The summed E-state index contributed by atoms with van der Waals surface area (Å²) in [6.07, 6.45) is 4.02. The molecule has 1 atom stereocenters. The highest BCUT2D eigenvalue weighted by Gasteiger charge is 2.29. The maximum Gasteiger partial charge on any atom is 0.270 e. The summed E-state index contributed by atoms with van der Waals surface area (Å²) in [7, 11) is 0. The molecule has 2 aromatic heterocycles. The Morgan fingerprint density at radius 3 is 3.18 bits per heavy atom. The molecule has 2 aromatic rings. The van der Waals surface area contributed by atoms with E-state index in [2.05, 4.69) is 9.97 Å². The maximum atomic E-state index is 12.4. The fourth-order valence-corrected chi connectivity index (χ4v) is 2.54. The molecular formula is C16H16N4O2. The Morgan fingerprint density at radius 2 is 2.45 bits per heavy atom. The molecule has 0 saturated carbocycles. The maximum absolute atomic E-state index is 12.4. The third-order valence-electron chi connectivity index (χ3n) is 3.73. The number of aromatic nitrogens is 2. The molecule has 1 N–H and O–H groups in total. The van der Waals surface area contributed by atoms with Gasteiger partial charge in [0.05, 0.1) is 17.8 Å². The lowest BCUT2D eigenvalue weighted by atomic mass is 10.3. The third-order valence-corrected chi connectivity index (χ3v) is 3.73. The number of amides is 1. The van der Waals surface area contributed by atoms with Gasteiger partial charge in [0.1, 0.15) is 23.6 Å². The lowest BCUT2D eigenvalue weighted by Gasteiger charge is -2.17. The number of pyridine rings is 1. The molecule has 0 bridgehead atoms. The zero-order valence-electron chi connectivity index (χ0n) is 12.2. The Hall–Kier alpha value is -2.81. The molecule has 22 heavy (non-hydrogen) atoms. The van der Waals surface area contributed by atoms with Crippen molar-refractivity contribution < 1.29 is 9.53 Å². The molecule has 0 aromatic carbocycles. The van der Waals surface area contributed by atoms with Crippen LogP contribution in [0.3, 0.4) is 0 Å². The SMILES string of the molecule is Cc1ncccc1OC1CCN(C(=O)c2cc(C#N)c[nH]2)C1. The van der Waals surface area contributed by atoms with Gasteiger partial charge < -0.3 is 14.6 Å². The van der Waals surface area contributed by atoms with Crippen molar-refractivity contribution >= 4 is 5.91 Å². The second-order valence-electron chi connectivity index (χ2n) is 5.28. The van der Waals surface area contributed by atoms with Crippen LogP contribution in [0.2, 0.25) is 0 Å².